The number of hydrogen-bond acceptors (Lipinski definition) is 3. The quantitative estimate of drug-likeness (QED) is 0.916. The van der Waals surface area contributed by atoms with Crippen LogP contribution in [0.25, 0.3) is 0 Å². The predicted molar refractivity (Wildman–Crippen MR) is 98.2 cm³/mol. The summed E-state index contributed by atoms with van der Waals surface area (Å²) in [4.78, 5) is 25.6. The van der Waals surface area contributed by atoms with E-state index in [0.29, 0.717) is 13.2 Å². The monoisotopic (exact) mass is 353 g/mol. The van der Waals surface area contributed by atoms with Crippen LogP contribution in [0.1, 0.15) is 40.1 Å². The van der Waals surface area contributed by atoms with Gasteiger partial charge < -0.3 is 14.7 Å². The molecule has 2 aromatic rings. The van der Waals surface area contributed by atoms with E-state index in [2.05, 4.69) is 0 Å². The molecule has 0 aromatic heterocycles. The molecule has 1 heterocycles. The van der Waals surface area contributed by atoms with Gasteiger partial charge >= 0.3 is 5.97 Å². The Kier molecular flexibility index (Phi) is 5.38. The minimum atomic E-state index is -0.967. The van der Waals surface area contributed by atoms with Crippen molar-refractivity contribution in [2.75, 3.05) is 13.2 Å². The van der Waals surface area contributed by atoms with Crippen LogP contribution in [0.4, 0.5) is 0 Å². The van der Waals surface area contributed by atoms with Gasteiger partial charge in [-0.3, -0.25) is 4.79 Å². The van der Waals surface area contributed by atoms with Gasteiger partial charge in [0.25, 0.3) is 0 Å². The molecule has 0 aliphatic carbocycles. The standard InChI is InChI=1S/C21H23NO4/c1-14-5-3-4-6-18(14)19-12-22(15(2)13-26-19)20(23)11-16-7-9-17(10-8-16)21(24)25/h3-10,15,19H,11-13H2,1-2H3,(H,24,25). The highest BCUT2D eigenvalue weighted by atomic mass is 16.5. The van der Waals surface area contributed by atoms with E-state index in [1.54, 1.807) is 12.1 Å². The maximum atomic E-state index is 12.8. The molecule has 0 spiro atoms. The molecule has 1 saturated heterocycles. The first-order valence-corrected chi connectivity index (χ1v) is 8.74. The van der Waals surface area contributed by atoms with Crippen molar-refractivity contribution in [1.82, 2.24) is 4.90 Å². The summed E-state index contributed by atoms with van der Waals surface area (Å²) >= 11 is 0. The highest BCUT2D eigenvalue weighted by Crippen LogP contribution is 2.27. The second kappa shape index (κ2) is 7.70. The topological polar surface area (TPSA) is 66.8 Å². The number of carbonyl (C=O) groups is 2. The van der Waals surface area contributed by atoms with Crippen LogP contribution in [0, 0.1) is 6.92 Å². The van der Waals surface area contributed by atoms with Gasteiger partial charge in [-0.25, -0.2) is 4.79 Å². The SMILES string of the molecule is Cc1ccccc1C1CN(C(=O)Cc2ccc(C(=O)O)cc2)C(C)CO1. The van der Waals surface area contributed by atoms with E-state index in [1.165, 1.54) is 12.1 Å². The first kappa shape index (κ1) is 18.1. The molecular formula is C21H23NO4. The molecule has 0 saturated carbocycles. The summed E-state index contributed by atoms with van der Waals surface area (Å²) in [5.41, 5.74) is 3.30. The number of hydrogen-bond donors (Lipinski definition) is 1. The van der Waals surface area contributed by atoms with Crippen LogP contribution in [-0.2, 0) is 16.0 Å². The maximum Gasteiger partial charge on any atom is 0.335 e. The lowest BCUT2D eigenvalue weighted by Crippen LogP contribution is -2.48. The number of nitrogens with zero attached hydrogens (tertiary/aromatic N) is 1. The fourth-order valence-electron chi connectivity index (χ4n) is 3.28. The molecule has 26 heavy (non-hydrogen) atoms. The molecular weight excluding hydrogens is 330 g/mol. The second-order valence-electron chi connectivity index (χ2n) is 6.75. The number of amides is 1. The van der Waals surface area contributed by atoms with E-state index in [4.69, 9.17) is 9.84 Å². The number of aromatic carboxylic acids is 1. The smallest absolute Gasteiger partial charge is 0.335 e. The molecule has 2 aromatic carbocycles. The molecule has 5 heteroatoms. The average molecular weight is 353 g/mol. The zero-order chi connectivity index (χ0) is 18.7. The van der Waals surface area contributed by atoms with Crippen LogP contribution in [-0.4, -0.2) is 41.1 Å². The molecule has 2 atom stereocenters. The lowest BCUT2D eigenvalue weighted by atomic mass is 10.0. The van der Waals surface area contributed by atoms with Crippen molar-refractivity contribution in [2.24, 2.45) is 0 Å². The molecule has 0 radical (unpaired) electrons. The Morgan fingerprint density at radius 2 is 1.85 bits per heavy atom. The van der Waals surface area contributed by atoms with E-state index in [1.807, 2.05) is 43.0 Å². The van der Waals surface area contributed by atoms with Gasteiger partial charge in [0.1, 0.15) is 6.10 Å². The fourth-order valence-corrected chi connectivity index (χ4v) is 3.28. The van der Waals surface area contributed by atoms with Crippen molar-refractivity contribution >= 4 is 11.9 Å². The average Bonchev–Trinajstić information content (AvgIpc) is 2.63. The number of carbonyl (C=O) groups excluding carboxylic acids is 1. The van der Waals surface area contributed by atoms with Crippen LogP contribution in [0.5, 0.6) is 0 Å². The van der Waals surface area contributed by atoms with E-state index in [9.17, 15) is 9.59 Å². The van der Waals surface area contributed by atoms with Crippen molar-refractivity contribution in [1.29, 1.82) is 0 Å². The molecule has 1 aliphatic rings. The van der Waals surface area contributed by atoms with Gasteiger partial charge in [0.05, 0.1) is 31.2 Å². The van der Waals surface area contributed by atoms with Crippen LogP contribution in [0.2, 0.25) is 0 Å². The number of rotatable bonds is 4. The molecule has 5 nitrogen and oxygen atoms in total. The third kappa shape index (κ3) is 3.94. The van der Waals surface area contributed by atoms with Crippen LogP contribution in [0.3, 0.4) is 0 Å². The summed E-state index contributed by atoms with van der Waals surface area (Å²) in [5, 5.41) is 8.97. The highest BCUT2D eigenvalue weighted by molar-refractivity contribution is 5.87. The van der Waals surface area contributed by atoms with Gasteiger partial charge in [-0.2, -0.15) is 0 Å². The Morgan fingerprint density at radius 3 is 2.50 bits per heavy atom. The Morgan fingerprint density at radius 1 is 1.15 bits per heavy atom. The minimum absolute atomic E-state index is 0.0149. The molecule has 1 aliphatic heterocycles. The minimum Gasteiger partial charge on any atom is -0.478 e. The number of aryl methyl sites for hydroxylation is 1. The van der Waals surface area contributed by atoms with Gasteiger partial charge in [-0.15, -0.1) is 0 Å². The summed E-state index contributed by atoms with van der Waals surface area (Å²) in [6, 6.07) is 14.6. The van der Waals surface area contributed by atoms with E-state index in [-0.39, 0.29) is 30.0 Å². The third-order valence-electron chi connectivity index (χ3n) is 4.85. The van der Waals surface area contributed by atoms with Crippen molar-refractivity contribution in [2.45, 2.75) is 32.4 Å². The van der Waals surface area contributed by atoms with Crippen molar-refractivity contribution in [3.63, 3.8) is 0 Å². The molecule has 2 unspecified atom stereocenters. The molecule has 0 bridgehead atoms. The predicted octanol–water partition coefficient (Wildman–Crippen LogP) is 3.22. The molecule has 1 fully saturated rings. The lowest BCUT2D eigenvalue weighted by Gasteiger charge is -2.38. The molecule has 3 rings (SSSR count). The summed E-state index contributed by atoms with van der Waals surface area (Å²) in [6.07, 6.45) is 0.135. The third-order valence-corrected chi connectivity index (χ3v) is 4.85. The van der Waals surface area contributed by atoms with Crippen molar-refractivity contribution < 1.29 is 19.4 Å². The first-order chi connectivity index (χ1) is 12.5. The number of carboxylic acid groups (broad SMARTS) is 1. The molecule has 136 valence electrons. The van der Waals surface area contributed by atoms with Crippen LogP contribution >= 0.6 is 0 Å². The van der Waals surface area contributed by atoms with E-state index in [0.717, 1.165) is 16.7 Å². The summed E-state index contributed by atoms with van der Waals surface area (Å²) < 4.78 is 5.97. The summed E-state index contributed by atoms with van der Waals surface area (Å²) in [5.74, 6) is -0.937. The van der Waals surface area contributed by atoms with Crippen LogP contribution in [0.15, 0.2) is 48.5 Å². The Bertz CT molecular complexity index is 800. The van der Waals surface area contributed by atoms with Gasteiger partial charge in [0.2, 0.25) is 5.91 Å². The normalized spacial score (nSPS) is 20.0. The number of ether oxygens (including phenoxy) is 1. The largest absolute Gasteiger partial charge is 0.478 e. The number of morpholine rings is 1. The van der Waals surface area contributed by atoms with Gasteiger partial charge in [0, 0.05) is 0 Å². The number of carboxylic acids is 1. The van der Waals surface area contributed by atoms with E-state index >= 15 is 0 Å². The lowest BCUT2D eigenvalue weighted by molar-refractivity contribution is -0.143. The maximum absolute atomic E-state index is 12.8. The fraction of sp³-hybridized carbons (Fsp3) is 0.333. The van der Waals surface area contributed by atoms with Crippen molar-refractivity contribution in [3.8, 4) is 0 Å². The summed E-state index contributed by atoms with van der Waals surface area (Å²) in [6.45, 7) is 5.06. The second-order valence-corrected chi connectivity index (χ2v) is 6.75. The van der Waals surface area contributed by atoms with Crippen molar-refractivity contribution in [3.05, 3.63) is 70.8 Å². The highest BCUT2D eigenvalue weighted by Gasteiger charge is 2.30. The number of benzene rings is 2. The molecule has 1 N–H and O–H groups in total. The van der Waals surface area contributed by atoms with Gasteiger partial charge in [-0.05, 0) is 42.7 Å². The first-order valence-electron chi connectivity index (χ1n) is 8.74. The Labute approximate surface area is 153 Å². The van der Waals surface area contributed by atoms with E-state index < -0.39 is 5.97 Å². The summed E-state index contributed by atoms with van der Waals surface area (Å²) in [7, 11) is 0. The molecule has 1 amide bonds. The van der Waals surface area contributed by atoms with Gasteiger partial charge in [0.15, 0.2) is 0 Å². The Hall–Kier alpha value is -2.66. The Balaban J connectivity index is 1.71. The van der Waals surface area contributed by atoms with Gasteiger partial charge in [-0.1, -0.05) is 36.4 Å². The zero-order valence-corrected chi connectivity index (χ0v) is 15.0. The van der Waals surface area contributed by atoms with Crippen LogP contribution < -0.4 is 0 Å². The zero-order valence-electron chi connectivity index (χ0n) is 15.0.